The second-order valence-electron chi connectivity index (χ2n) is 5.15. The molecule has 0 N–H and O–H groups in total. The fraction of sp³-hybridized carbons (Fsp3) is 0.533. The zero-order valence-electron chi connectivity index (χ0n) is 13.3. The van der Waals surface area contributed by atoms with Gasteiger partial charge in [0.2, 0.25) is 0 Å². The summed E-state index contributed by atoms with van der Waals surface area (Å²) >= 11 is 9.24. The lowest BCUT2D eigenvalue weighted by Crippen LogP contribution is -2.37. The average Bonchev–Trinajstić information content (AvgIpc) is 3.01. The number of carbonyl (C=O) groups excluding carboxylic acids is 1. The van der Waals surface area contributed by atoms with Crippen LogP contribution in [0.5, 0.6) is 0 Å². The van der Waals surface area contributed by atoms with Crippen LogP contribution in [0.4, 0.5) is 0 Å². The van der Waals surface area contributed by atoms with Gasteiger partial charge in [-0.1, -0.05) is 23.4 Å². The summed E-state index contributed by atoms with van der Waals surface area (Å²) in [6, 6.07) is 0. The molecule has 0 radical (unpaired) electrons. The van der Waals surface area contributed by atoms with Crippen molar-refractivity contribution < 1.29 is 14.3 Å². The number of fused-ring (bicyclic) bond motifs is 1. The van der Waals surface area contributed by atoms with E-state index in [1.54, 1.807) is 24.1 Å². The summed E-state index contributed by atoms with van der Waals surface area (Å²) in [4.78, 5) is 23.9. The molecule has 1 aliphatic rings. The Morgan fingerprint density at radius 3 is 3.00 bits per heavy atom. The van der Waals surface area contributed by atoms with Crippen LogP contribution in [-0.2, 0) is 9.47 Å². The van der Waals surface area contributed by atoms with E-state index >= 15 is 0 Å². The average molecular weight is 388 g/mol. The van der Waals surface area contributed by atoms with E-state index < -0.39 is 0 Å². The number of morpholine rings is 1. The highest BCUT2D eigenvalue weighted by molar-refractivity contribution is 7.99. The van der Waals surface area contributed by atoms with Gasteiger partial charge in [0.05, 0.1) is 30.8 Å². The van der Waals surface area contributed by atoms with Crippen LogP contribution in [0.3, 0.4) is 0 Å². The number of thiophene rings is 1. The van der Waals surface area contributed by atoms with Crippen LogP contribution in [0.25, 0.3) is 10.2 Å². The van der Waals surface area contributed by atoms with Gasteiger partial charge in [0.25, 0.3) is 0 Å². The molecule has 1 aliphatic heterocycles. The van der Waals surface area contributed by atoms with Gasteiger partial charge < -0.3 is 9.47 Å². The van der Waals surface area contributed by atoms with Crippen LogP contribution in [0.15, 0.2) is 10.5 Å². The summed E-state index contributed by atoms with van der Waals surface area (Å²) < 4.78 is 10.4. The van der Waals surface area contributed by atoms with Crippen LogP contribution in [0.1, 0.15) is 17.3 Å². The van der Waals surface area contributed by atoms with Gasteiger partial charge in [-0.3, -0.25) is 4.90 Å². The highest BCUT2D eigenvalue weighted by Crippen LogP contribution is 2.32. The van der Waals surface area contributed by atoms with Gasteiger partial charge in [0, 0.05) is 30.8 Å². The fourth-order valence-electron chi connectivity index (χ4n) is 2.40. The summed E-state index contributed by atoms with van der Waals surface area (Å²) in [6.07, 6.45) is 0. The first kappa shape index (κ1) is 17.9. The molecule has 0 atom stereocenters. The molecule has 0 aliphatic carbocycles. The number of thioether (sulfide) groups is 1. The molecule has 2 aromatic heterocycles. The van der Waals surface area contributed by atoms with Crippen molar-refractivity contribution in [2.75, 3.05) is 45.2 Å². The Hall–Kier alpha value is -0.930. The van der Waals surface area contributed by atoms with E-state index in [1.165, 1.54) is 11.3 Å². The Morgan fingerprint density at radius 2 is 2.25 bits per heavy atom. The molecular weight excluding hydrogens is 370 g/mol. The number of nitrogens with zero attached hydrogens (tertiary/aromatic N) is 3. The Labute approximate surface area is 153 Å². The Bertz CT molecular complexity index is 719. The topological polar surface area (TPSA) is 64.5 Å². The largest absolute Gasteiger partial charge is 0.462 e. The smallest absolute Gasteiger partial charge is 0.339 e. The second kappa shape index (κ2) is 8.44. The summed E-state index contributed by atoms with van der Waals surface area (Å²) in [5.74, 6) is 0.500. The molecule has 0 unspecified atom stereocenters. The Balaban J connectivity index is 1.68. The number of aromatic nitrogens is 2. The van der Waals surface area contributed by atoms with Crippen molar-refractivity contribution in [2.24, 2.45) is 0 Å². The van der Waals surface area contributed by atoms with E-state index in [1.807, 2.05) is 0 Å². The van der Waals surface area contributed by atoms with E-state index in [4.69, 9.17) is 21.1 Å². The maximum Gasteiger partial charge on any atom is 0.339 e. The highest BCUT2D eigenvalue weighted by Gasteiger charge is 2.19. The third-order valence-corrected chi connectivity index (χ3v) is 5.58. The minimum absolute atomic E-state index is 0.304. The van der Waals surface area contributed by atoms with Crippen molar-refractivity contribution in [1.29, 1.82) is 0 Å². The molecule has 6 nitrogen and oxygen atoms in total. The summed E-state index contributed by atoms with van der Waals surface area (Å²) in [6.45, 7) is 6.59. The number of hydrogen-bond donors (Lipinski definition) is 0. The van der Waals surface area contributed by atoms with E-state index in [-0.39, 0.29) is 5.97 Å². The van der Waals surface area contributed by atoms with Gasteiger partial charge in [-0.05, 0) is 6.92 Å². The van der Waals surface area contributed by atoms with Crippen molar-refractivity contribution in [2.45, 2.75) is 12.1 Å². The van der Waals surface area contributed by atoms with E-state index in [9.17, 15) is 4.79 Å². The lowest BCUT2D eigenvalue weighted by atomic mass is 10.2. The first-order chi connectivity index (χ1) is 11.7. The maximum absolute atomic E-state index is 12.0. The molecule has 0 saturated carbocycles. The fourth-order valence-corrected chi connectivity index (χ4v) is 4.58. The van der Waals surface area contributed by atoms with Gasteiger partial charge in [0.15, 0.2) is 5.16 Å². The monoisotopic (exact) mass is 387 g/mol. The number of carbonyl (C=O) groups is 1. The molecule has 24 heavy (non-hydrogen) atoms. The third-order valence-electron chi connectivity index (χ3n) is 3.61. The van der Waals surface area contributed by atoms with Crippen molar-refractivity contribution in [3.63, 3.8) is 0 Å². The summed E-state index contributed by atoms with van der Waals surface area (Å²) in [7, 11) is 0. The molecule has 1 fully saturated rings. The lowest BCUT2D eigenvalue weighted by molar-refractivity contribution is 0.0410. The van der Waals surface area contributed by atoms with E-state index in [0.29, 0.717) is 32.7 Å². The van der Waals surface area contributed by atoms with Crippen molar-refractivity contribution >= 4 is 50.9 Å². The molecule has 9 heteroatoms. The molecule has 0 bridgehead atoms. The van der Waals surface area contributed by atoms with Crippen LogP contribution in [0.2, 0.25) is 5.15 Å². The van der Waals surface area contributed by atoms with Crippen LogP contribution in [-0.4, -0.2) is 66.0 Å². The van der Waals surface area contributed by atoms with Gasteiger partial charge in [-0.15, -0.1) is 11.3 Å². The molecule has 3 heterocycles. The summed E-state index contributed by atoms with van der Waals surface area (Å²) in [5, 5.41) is 3.25. The van der Waals surface area contributed by atoms with E-state index in [0.717, 1.165) is 38.6 Å². The molecule has 1 saturated heterocycles. The van der Waals surface area contributed by atoms with Crippen LogP contribution in [0, 0.1) is 0 Å². The SMILES string of the molecule is CCOC(=O)c1csc2nc(SCCN3CCOCC3)nc(Cl)c12. The van der Waals surface area contributed by atoms with Crippen molar-refractivity contribution in [3.05, 3.63) is 16.1 Å². The second-order valence-corrected chi connectivity index (χ2v) is 7.43. The van der Waals surface area contributed by atoms with Crippen LogP contribution < -0.4 is 0 Å². The lowest BCUT2D eigenvalue weighted by Gasteiger charge is -2.26. The minimum Gasteiger partial charge on any atom is -0.462 e. The van der Waals surface area contributed by atoms with Crippen molar-refractivity contribution in [3.8, 4) is 0 Å². The highest BCUT2D eigenvalue weighted by atomic mass is 35.5. The van der Waals surface area contributed by atoms with Crippen molar-refractivity contribution in [1.82, 2.24) is 14.9 Å². The zero-order chi connectivity index (χ0) is 16.9. The van der Waals surface area contributed by atoms with Gasteiger partial charge >= 0.3 is 5.97 Å². The number of ether oxygens (including phenoxy) is 2. The number of halogens is 1. The first-order valence-corrected chi connectivity index (χ1v) is 9.98. The number of esters is 1. The molecular formula is C15H18ClN3O3S2. The van der Waals surface area contributed by atoms with Gasteiger partial charge in [-0.2, -0.15) is 0 Å². The predicted molar refractivity (Wildman–Crippen MR) is 96.4 cm³/mol. The van der Waals surface area contributed by atoms with Gasteiger partial charge in [-0.25, -0.2) is 14.8 Å². The molecule has 130 valence electrons. The summed E-state index contributed by atoms with van der Waals surface area (Å²) in [5.41, 5.74) is 0.437. The molecule has 3 rings (SSSR count). The normalized spacial score (nSPS) is 15.8. The predicted octanol–water partition coefficient (Wildman–Crippen LogP) is 2.95. The molecule has 2 aromatic rings. The Morgan fingerprint density at radius 1 is 1.46 bits per heavy atom. The molecule has 0 spiro atoms. The quantitative estimate of drug-likeness (QED) is 0.327. The first-order valence-electron chi connectivity index (χ1n) is 7.73. The number of hydrogen-bond acceptors (Lipinski definition) is 8. The molecule has 0 aromatic carbocycles. The van der Waals surface area contributed by atoms with E-state index in [2.05, 4.69) is 14.9 Å². The maximum atomic E-state index is 12.0. The standard InChI is InChI=1S/C15H18ClN3O3S2/c1-2-22-14(20)10-9-24-13-11(10)12(16)17-15(18-13)23-8-5-19-3-6-21-7-4-19/h9H,2-8H2,1H3. The van der Waals surface area contributed by atoms with Crippen LogP contribution >= 0.6 is 34.7 Å². The van der Waals surface area contributed by atoms with Gasteiger partial charge in [0.1, 0.15) is 9.98 Å². The Kier molecular flexibility index (Phi) is 6.29. The third kappa shape index (κ3) is 4.18. The minimum atomic E-state index is -0.387. The zero-order valence-corrected chi connectivity index (χ0v) is 15.7. The number of rotatable bonds is 6. The molecule has 0 amide bonds.